The van der Waals surface area contributed by atoms with Crippen LogP contribution in [-0.2, 0) is 4.79 Å². The van der Waals surface area contributed by atoms with Gasteiger partial charge in [-0.2, -0.15) is 0 Å². The Morgan fingerprint density at radius 2 is 1.81 bits per heavy atom. The molecule has 2 rings (SSSR count). The minimum Gasteiger partial charge on any atom is -0.295 e. The predicted molar refractivity (Wildman–Crippen MR) is 65.8 cm³/mol. The Hall–Kier alpha value is -1.81. The molecule has 0 unspecified atom stereocenters. The molecule has 1 heteroatoms. The number of terminal acetylenes is 1. The standard InChI is InChI=1S/C15H14O/c1-2-12-7-9-13(10-8-12)11-14-5-3-4-6-15(14)16/h1,7-11H,3-6H2. The van der Waals surface area contributed by atoms with Crippen LogP contribution in [0.3, 0.4) is 0 Å². The monoisotopic (exact) mass is 210 g/mol. The van der Waals surface area contributed by atoms with Crippen LogP contribution in [0.5, 0.6) is 0 Å². The molecular weight excluding hydrogens is 196 g/mol. The van der Waals surface area contributed by atoms with E-state index >= 15 is 0 Å². The summed E-state index contributed by atoms with van der Waals surface area (Å²) in [7, 11) is 0. The van der Waals surface area contributed by atoms with Gasteiger partial charge in [0, 0.05) is 12.0 Å². The number of rotatable bonds is 1. The Labute approximate surface area is 96.2 Å². The fourth-order valence-corrected chi connectivity index (χ4v) is 1.93. The Morgan fingerprint density at radius 1 is 1.12 bits per heavy atom. The third-order valence-corrected chi connectivity index (χ3v) is 2.88. The topological polar surface area (TPSA) is 17.1 Å². The van der Waals surface area contributed by atoms with E-state index in [-0.39, 0.29) is 0 Å². The molecule has 1 aliphatic rings. The number of carbonyl (C=O) groups is 1. The van der Waals surface area contributed by atoms with E-state index in [1.807, 2.05) is 30.3 Å². The van der Waals surface area contributed by atoms with Crippen LogP contribution in [0, 0.1) is 12.3 Å². The van der Waals surface area contributed by atoms with E-state index in [0.717, 1.165) is 36.0 Å². The average Bonchev–Trinajstić information content (AvgIpc) is 2.33. The SMILES string of the molecule is C#Cc1ccc(C=C2CCCCC2=O)cc1. The number of benzene rings is 1. The van der Waals surface area contributed by atoms with Crippen LogP contribution in [0.4, 0.5) is 0 Å². The lowest BCUT2D eigenvalue weighted by Gasteiger charge is -2.12. The highest BCUT2D eigenvalue weighted by molar-refractivity contribution is 6.00. The van der Waals surface area contributed by atoms with Crippen molar-refractivity contribution in [2.45, 2.75) is 25.7 Å². The highest BCUT2D eigenvalue weighted by Crippen LogP contribution is 2.22. The number of carbonyl (C=O) groups excluding carboxylic acids is 1. The number of hydrogen-bond acceptors (Lipinski definition) is 1. The van der Waals surface area contributed by atoms with Crippen molar-refractivity contribution in [3.8, 4) is 12.3 Å². The summed E-state index contributed by atoms with van der Waals surface area (Å²) < 4.78 is 0. The maximum atomic E-state index is 11.6. The number of allylic oxidation sites excluding steroid dienone is 1. The molecule has 0 aliphatic heterocycles. The van der Waals surface area contributed by atoms with E-state index in [1.165, 1.54) is 0 Å². The fourth-order valence-electron chi connectivity index (χ4n) is 1.93. The van der Waals surface area contributed by atoms with Gasteiger partial charge in [0.2, 0.25) is 0 Å². The molecule has 0 radical (unpaired) electrons. The highest BCUT2D eigenvalue weighted by atomic mass is 16.1. The van der Waals surface area contributed by atoms with Gasteiger partial charge in [0.05, 0.1) is 0 Å². The van der Waals surface area contributed by atoms with Gasteiger partial charge in [-0.3, -0.25) is 4.79 Å². The molecular formula is C15H14O. The van der Waals surface area contributed by atoms with Gasteiger partial charge in [-0.15, -0.1) is 6.42 Å². The van der Waals surface area contributed by atoms with Gasteiger partial charge < -0.3 is 0 Å². The Kier molecular flexibility index (Phi) is 3.22. The summed E-state index contributed by atoms with van der Waals surface area (Å²) in [5.41, 5.74) is 2.89. The van der Waals surface area contributed by atoms with E-state index in [0.29, 0.717) is 12.2 Å². The summed E-state index contributed by atoms with van der Waals surface area (Å²) >= 11 is 0. The lowest BCUT2D eigenvalue weighted by Crippen LogP contribution is -2.07. The maximum Gasteiger partial charge on any atom is 0.158 e. The zero-order chi connectivity index (χ0) is 11.4. The summed E-state index contributed by atoms with van der Waals surface area (Å²) in [5.74, 6) is 2.88. The molecule has 0 bridgehead atoms. The van der Waals surface area contributed by atoms with Crippen molar-refractivity contribution in [1.29, 1.82) is 0 Å². The van der Waals surface area contributed by atoms with Crippen LogP contribution in [-0.4, -0.2) is 5.78 Å². The van der Waals surface area contributed by atoms with E-state index < -0.39 is 0 Å². The van der Waals surface area contributed by atoms with Gasteiger partial charge in [0.1, 0.15) is 0 Å². The van der Waals surface area contributed by atoms with Crippen LogP contribution >= 0.6 is 0 Å². The zero-order valence-electron chi connectivity index (χ0n) is 9.20. The number of ketones is 1. The third-order valence-electron chi connectivity index (χ3n) is 2.88. The van der Waals surface area contributed by atoms with Gasteiger partial charge in [0.25, 0.3) is 0 Å². The fraction of sp³-hybridized carbons (Fsp3) is 0.267. The molecule has 16 heavy (non-hydrogen) atoms. The van der Waals surface area contributed by atoms with Crippen molar-refractivity contribution in [3.05, 3.63) is 41.0 Å². The molecule has 0 atom stereocenters. The van der Waals surface area contributed by atoms with Crippen LogP contribution in [0.15, 0.2) is 29.8 Å². The molecule has 1 fully saturated rings. The molecule has 0 N–H and O–H groups in total. The summed E-state index contributed by atoms with van der Waals surface area (Å²) in [4.78, 5) is 11.6. The first kappa shape index (κ1) is 10.7. The molecule has 0 spiro atoms. The largest absolute Gasteiger partial charge is 0.295 e. The molecule has 0 amide bonds. The number of Topliss-reactive ketones (excluding diaryl/α,β-unsaturated/α-hetero) is 1. The minimum absolute atomic E-state index is 0.298. The summed E-state index contributed by atoms with van der Waals surface area (Å²) in [6.45, 7) is 0. The van der Waals surface area contributed by atoms with Crippen molar-refractivity contribution in [2.24, 2.45) is 0 Å². The minimum atomic E-state index is 0.298. The van der Waals surface area contributed by atoms with E-state index in [2.05, 4.69) is 5.92 Å². The van der Waals surface area contributed by atoms with Gasteiger partial charge in [-0.1, -0.05) is 18.1 Å². The normalized spacial score (nSPS) is 18.4. The van der Waals surface area contributed by atoms with Crippen LogP contribution in [0.1, 0.15) is 36.8 Å². The van der Waals surface area contributed by atoms with Crippen LogP contribution in [0.25, 0.3) is 6.08 Å². The first-order valence-corrected chi connectivity index (χ1v) is 5.60. The molecule has 1 aromatic carbocycles. The summed E-state index contributed by atoms with van der Waals surface area (Å²) in [6.07, 6.45) is 11.0. The number of hydrogen-bond donors (Lipinski definition) is 0. The first-order chi connectivity index (χ1) is 7.79. The highest BCUT2D eigenvalue weighted by Gasteiger charge is 2.14. The lowest BCUT2D eigenvalue weighted by molar-refractivity contribution is -0.116. The Morgan fingerprint density at radius 3 is 2.44 bits per heavy atom. The van der Waals surface area contributed by atoms with Crippen LogP contribution < -0.4 is 0 Å². The molecule has 0 saturated heterocycles. The van der Waals surface area contributed by atoms with Gasteiger partial charge in [-0.05, 0) is 48.6 Å². The molecule has 1 aromatic rings. The Balaban J connectivity index is 2.21. The maximum absolute atomic E-state index is 11.6. The molecule has 0 heterocycles. The average molecular weight is 210 g/mol. The smallest absolute Gasteiger partial charge is 0.158 e. The second-order valence-electron chi connectivity index (χ2n) is 4.07. The quantitative estimate of drug-likeness (QED) is 0.514. The lowest BCUT2D eigenvalue weighted by atomic mass is 9.92. The molecule has 0 aromatic heterocycles. The van der Waals surface area contributed by atoms with Gasteiger partial charge in [-0.25, -0.2) is 0 Å². The van der Waals surface area contributed by atoms with Crippen molar-refractivity contribution < 1.29 is 4.79 Å². The van der Waals surface area contributed by atoms with E-state index in [1.54, 1.807) is 0 Å². The van der Waals surface area contributed by atoms with Gasteiger partial charge >= 0.3 is 0 Å². The third kappa shape index (κ3) is 2.41. The molecule has 80 valence electrons. The van der Waals surface area contributed by atoms with Crippen molar-refractivity contribution in [2.75, 3.05) is 0 Å². The van der Waals surface area contributed by atoms with Crippen molar-refractivity contribution in [3.63, 3.8) is 0 Å². The zero-order valence-corrected chi connectivity index (χ0v) is 9.20. The Bertz CT molecular complexity index is 457. The summed E-state index contributed by atoms with van der Waals surface area (Å²) in [5, 5.41) is 0. The molecule has 1 aliphatic carbocycles. The second-order valence-corrected chi connectivity index (χ2v) is 4.07. The van der Waals surface area contributed by atoms with E-state index in [9.17, 15) is 4.79 Å². The second kappa shape index (κ2) is 4.81. The first-order valence-electron chi connectivity index (χ1n) is 5.60. The van der Waals surface area contributed by atoms with Crippen molar-refractivity contribution >= 4 is 11.9 Å². The predicted octanol–water partition coefficient (Wildman–Crippen LogP) is 3.19. The molecule has 1 nitrogen and oxygen atoms in total. The summed E-state index contributed by atoms with van der Waals surface area (Å²) in [6, 6.07) is 7.73. The van der Waals surface area contributed by atoms with Crippen molar-refractivity contribution in [1.82, 2.24) is 0 Å². The molecule has 1 saturated carbocycles. The van der Waals surface area contributed by atoms with Gasteiger partial charge in [0.15, 0.2) is 5.78 Å². The van der Waals surface area contributed by atoms with Crippen LogP contribution in [0.2, 0.25) is 0 Å². The van der Waals surface area contributed by atoms with E-state index in [4.69, 9.17) is 6.42 Å².